The maximum absolute atomic E-state index is 11.3. The Balaban J connectivity index is 1.65. The Kier molecular flexibility index (Phi) is 5.97. The number of nitrogens with two attached hydrogens (primary N) is 1. The molecule has 0 aromatic carbocycles. The summed E-state index contributed by atoms with van der Waals surface area (Å²) in [6.45, 7) is 0.944. The Morgan fingerprint density at radius 1 is 1.30 bits per heavy atom. The second-order valence-electron chi connectivity index (χ2n) is 6.77. The summed E-state index contributed by atoms with van der Waals surface area (Å²) in [5, 5.41) is 28.6. The van der Waals surface area contributed by atoms with Crippen molar-refractivity contribution in [1.29, 1.82) is 0 Å². The Morgan fingerprint density at radius 2 is 2.07 bits per heavy atom. The van der Waals surface area contributed by atoms with Crippen molar-refractivity contribution < 1.29 is 9.65 Å². The minimum atomic E-state index is -0.500. The van der Waals surface area contributed by atoms with E-state index in [1.54, 1.807) is 12.1 Å². The van der Waals surface area contributed by atoms with Crippen LogP contribution in [0.3, 0.4) is 0 Å². The molecular weight excluding hydrogens is 350 g/mol. The van der Waals surface area contributed by atoms with E-state index in [4.69, 9.17) is 5.73 Å². The molecule has 3 rings (SSSR count). The maximum atomic E-state index is 11.3. The first-order valence-electron chi connectivity index (χ1n) is 8.93. The largest absolute Gasteiger partial charge is 0.619 e. The summed E-state index contributed by atoms with van der Waals surface area (Å²) in [6.07, 6.45) is 7.97. The molecule has 0 radical (unpaired) electrons. The topological polar surface area (TPSA) is 146 Å². The lowest BCUT2D eigenvalue weighted by Crippen LogP contribution is -2.29. The van der Waals surface area contributed by atoms with Gasteiger partial charge in [-0.15, -0.1) is 0 Å². The van der Waals surface area contributed by atoms with Crippen LogP contribution in [-0.2, 0) is 6.54 Å². The van der Waals surface area contributed by atoms with Gasteiger partial charge < -0.3 is 21.6 Å². The molecule has 10 heteroatoms. The fourth-order valence-corrected chi connectivity index (χ4v) is 3.14. The Labute approximate surface area is 156 Å². The zero-order chi connectivity index (χ0) is 19.2. The molecule has 144 valence electrons. The summed E-state index contributed by atoms with van der Waals surface area (Å²) in [5.74, 6) is 0.877. The lowest BCUT2D eigenvalue weighted by atomic mass is 9.86. The van der Waals surface area contributed by atoms with Crippen LogP contribution in [0.5, 0.6) is 0 Å². The molecular formula is C17H23N7O3. The smallest absolute Gasteiger partial charge is 0.329 e. The molecule has 0 atom stereocenters. The van der Waals surface area contributed by atoms with Crippen LogP contribution in [0.2, 0.25) is 0 Å². The van der Waals surface area contributed by atoms with Crippen molar-refractivity contribution in [3.8, 4) is 0 Å². The van der Waals surface area contributed by atoms with E-state index >= 15 is 0 Å². The van der Waals surface area contributed by atoms with Gasteiger partial charge in [0.1, 0.15) is 6.20 Å². The molecule has 0 amide bonds. The highest BCUT2D eigenvalue weighted by Crippen LogP contribution is 2.26. The van der Waals surface area contributed by atoms with Crippen LogP contribution in [0.4, 0.5) is 17.5 Å². The molecule has 1 fully saturated rings. The minimum Gasteiger partial charge on any atom is -0.619 e. The number of aromatic nitrogens is 3. The van der Waals surface area contributed by atoms with Gasteiger partial charge in [-0.05, 0) is 37.7 Å². The highest BCUT2D eigenvalue weighted by Gasteiger charge is 2.21. The molecule has 2 heterocycles. The molecule has 1 saturated carbocycles. The van der Waals surface area contributed by atoms with Gasteiger partial charge in [0.25, 0.3) is 0 Å². The average Bonchev–Trinajstić information content (AvgIpc) is 2.66. The molecule has 0 spiro atoms. The van der Waals surface area contributed by atoms with Gasteiger partial charge in [-0.3, -0.25) is 10.1 Å². The lowest BCUT2D eigenvalue weighted by Gasteiger charge is -2.26. The van der Waals surface area contributed by atoms with E-state index in [2.05, 4.69) is 20.6 Å². The van der Waals surface area contributed by atoms with Crippen LogP contribution in [-0.4, -0.2) is 27.5 Å². The van der Waals surface area contributed by atoms with Crippen molar-refractivity contribution in [2.75, 3.05) is 17.2 Å². The summed E-state index contributed by atoms with van der Waals surface area (Å²) < 4.78 is 0.705. The van der Waals surface area contributed by atoms with Gasteiger partial charge in [0.15, 0.2) is 12.4 Å². The van der Waals surface area contributed by atoms with E-state index in [0.717, 1.165) is 31.2 Å². The lowest BCUT2D eigenvalue weighted by molar-refractivity contribution is -0.605. The second kappa shape index (κ2) is 8.58. The summed E-state index contributed by atoms with van der Waals surface area (Å²) in [5.41, 5.74) is 6.51. The zero-order valence-electron chi connectivity index (χ0n) is 14.9. The van der Waals surface area contributed by atoms with Gasteiger partial charge in [-0.25, -0.2) is 4.98 Å². The minimum absolute atomic E-state index is 0.162. The quantitative estimate of drug-likeness (QED) is 0.287. The molecule has 0 saturated heterocycles. The number of hydrogen-bond donors (Lipinski definition) is 3. The number of nitrogens with one attached hydrogen (secondary N) is 2. The molecule has 0 unspecified atom stereocenters. The Hall–Kier alpha value is -3.01. The van der Waals surface area contributed by atoms with E-state index in [9.17, 15) is 15.3 Å². The number of nitrogens with zero attached hydrogens (tertiary/aromatic N) is 4. The van der Waals surface area contributed by atoms with Crippen LogP contribution in [0, 0.1) is 21.2 Å². The number of pyridine rings is 1. The first-order valence-corrected chi connectivity index (χ1v) is 8.93. The summed E-state index contributed by atoms with van der Waals surface area (Å²) >= 11 is 0. The van der Waals surface area contributed by atoms with Gasteiger partial charge in [-0.2, -0.15) is 9.71 Å². The standard InChI is InChI=1S/C17H23N7O3/c18-14-5-3-12(4-6-14)8-19-16-15(24(26)27)10-21-17(22-16)20-9-13-2-1-7-23(25)11-13/h1-2,7,10-12,14H,3-6,8-9,18H2,(H2,19,20,21,22)/t12-,14-. The zero-order valence-corrected chi connectivity index (χ0v) is 14.9. The number of rotatable bonds is 7. The van der Waals surface area contributed by atoms with E-state index in [1.165, 1.54) is 18.6 Å². The molecule has 1 aliphatic carbocycles. The van der Waals surface area contributed by atoms with Crippen molar-refractivity contribution in [3.63, 3.8) is 0 Å². The molecule has 0 bridgehead atoms. The van der Waals surface area contributed by atoms with E-state index in [-0.39, 0.29) is 23.5 Å². The first-order chi connectivity index (χ1) is 13.0. The summed E-state index contributed by atoms with van der Waals surface area (Å²) in [7, 11) is 0. The predicted octanol–water partition coefficient (Wildman–Crippen LogP) is 1.56. The van der Waals surface area contributed by atoms with Crippen molar-refractivity contribution in [3.05, 3.63) is 51.6 Å². The third-order valence-electron chi connectivity index (χ3n) is 4.70. The van der Waals surface area contributed by atoms with E-state index < -0.39 is 4.92 Å². The van der Waals surface area contributed by atoms with Crippen molar-refractivity contribution in [2.45, 2.75) is 38.3 Å². The van der Waals surface area contributed by atoms with E-state index in [0.29, 0.717) is 23.7 Å². The number of anilines is 2. The number of hydrogen-bond acceptors (Lipinski definition) is 8. The van der Waals surface area contributed by atoms with Crippen LogP contribution in [0.15, 0.2) is 30.7 Å². The predicted molar refractivity (Wildman–Crippen MR) is 99.8 cm³/mol. The maximum Gasteiger partial charge on any atom is 0.329 e. The third kappa shape index (κ3) is 5.23. The summed E-state index contributed by atoms with van der Waals surface area (Å²) in [6, 6.07) is 3.69. The molecule has 2 aromatic heterocycles. The number of nitro groups is 1. The molecule has 10 nitrogen and oxygen atoms in total. The summed E-state index contributed by atoms with van der Waals surface area (Å²) in [4.78, 5) is 19.0. The molecule has 2 aromatic rings. The van der Waals surface area contributed by atoms with Gasteiger partial charge in [0.2, 0.25) is 11.8 Å². The van der Waals surface area contributed by atoms with E-state index in [1.807, 2.05) is 0 Å². The van der Waals surface area contributed by atoms with Gasteiger partial charge in [-0.1, -0.05) is 0 Å². The SMILES string of the molecule is N[C@H]1CC[C@H](CNc2nc(NCc3ccc[n+]([O-])c3)ncc2[N+](=O)[O-])CC1. The third-order valence-corrected chi connectivity index (χ3v) is 4.70. The Bertz CT molecular complexity index is 794. The van der Waals surface area contributed by atoms with Crippen LogP contribution in [0.25, 0.3) is 0 Å². The highest BCUT2D eigenvalue weighted by molar-refractivity contribution is 5.57. The van der Waals surface area contributed by atoms with Crippen LogP contribution >= 0.6 is 0 Å². The molecule has 0 aliphatic heterocycles. The van der Waals surface area contributed by atoms with Gasteiger partial charge in [0.05, 0.1) is 4.92 Å². The fraction of sp³-hybridized carbons (Fsp3) is 0.471. The van der Waals surface area contributed by atoms with Crippen molar-refractivity contribution >= 4 is 17.5 Å². The molecule has 1 aliphatic rings. The average molecular weight is 373 g/mol. The van der Waals surface area contributed by atoms with Gasteiger partial charge >= 0.3 is 5.69 Å². The van der Waals surface area contributed by atoms with Crippen molar-refractivity contribution in [1.82, 2.24) is 9.97 Å². The molecule has 4 N–H and O–H groups in total. The molecule has 27 heavy (non-hydrogen) atoms. The monoisotopic (exact) mass is 373 g/mol. The first kappa shape index (κ1) is 18.8. The van der Waals surface area contributed by atoms with Gasteiger partial charge in [0, 0.05) is 30.8 Å². The van der Waals surface area contributed by atoms with Crippen LogP contribution in [0.1, 0.15) is 31.2 Å². The second-order valence-corrected chi connectivity index (χ2v) is 6.77. The van der Waals surface area contributed by atoms with Crippen LogP contribution < -0.4 is 21.1 Å². The fourth-order valence-electron chi connectivity index (χ4n) is 3.14. The van der Waals surface area contributed by atoms with Crippen molar-refractivity contribution in [2.24, 2.45) is 11.7 Å². The highest BCUT2D eigenvalue weighted by atomic mass is 16.6. The normalized spacial score (nSPS) is 19.4. The Morgan fingerprint density at radius 3 is 2.78 bits per heavy atom.